The summed E-state index contributed by atoms with van der Waals surface area (Å²) in [6, 6.07) is 17.5. The van der Waals surface area contributed by atoms with Crippen molar-refractivity contribution in [3.8, 4) is 0 Å². The van der Waals surface area contributed by atoms with Gasteiger partial charge in [0, 0.05) is 17.0 Å². The molecule has 0 aliphatic rings. The maximum atomic E-state index is 10.1. The van der Waals surface area contributed by atoms with Gasteiger partial charge in [-0.05, 0) is 36.1 Å². The van der Waals surface area contributed by atoms with Crippen molar-refractivity contribution < 1.29 is 10.2 Å². The summed E-state index contributed by atoms with van der Waals surface area (Å²) in [6.07, 6.45) is 1.32. The third-order valence-corrected chi connectivity index (χ3v) is 4.01. The number of rotatable bonds is 6. The minimum Gasteiger partial charge on any atom is -0.396 e. The minimum atomic E-state index is -0.491. The monoisotopic (exact) mass is 290 g/mol. The van der Waals surface area contributed by atoms with E-state index in [1.165, 1.54) is 0 Å². The molecule has 0 saturated carbocycles. The molecule has 0 heterocycles. The standard InChI is InChI=1S/C17H19ClO2/c18-16-9-7-15(8-10-16)17(13-20,11-4-12-19)14-5-2-1-3-6-14/h1-3,5-10,19-20H,4,11-13H2. The summed E-state index contributed by atoms with van der Waals surface area (Å²) in [6.45, 7) is 0.112. The Balaban J connectivity index is 2.49. The highest BCUT2D eigenvalue weighted by Gasteiger charge is 2.33. The molecule has 0 fully saturated rings. The summed E-state index contributed by atoms with van der Waals surface area (Å²) in [5.41, 5.74) is 1.58. The third-order valence-electron chi connectivity index (χ3n) is 3.75. The molecule has 20 heavy (non-hydrogen) atoms. The van der Waals surface area contributed by atoms with Gasteiger partial charge < -0.3 is 10.2 Å². The molecule has 2 aromatic rings. The number of benzene rings is 2. The maximum absolute atomic E-state index is 10.1. The van der Waals surface area contributed by atoms with Crippen LogP contribution in [0.1, 0.15) is 24.0 Å². The predicted octanol–water partition coefficient (Wildman–Crippen LogP) is 3.39. The quantitative estimate of drug-likeness (QED) is 0.856. The molecule has 0 radical (unpaired) electrons. The normalized spacial score (nSPS) is 13.9. The fourth-order valence-corrected chi connectivity index (χ4v) is 2.75. The first-order valence-electron chi connectivity index (χ1n) is 6.76. The zero-order valence-corrected chi connectivity index (χ0v) is 12.1. The lowest BCUT2D eigenvalue weighted by atomic mass is 9.72. The first-order valence-corrected chi connectivity index (χ1v) is 7.14. The van der Waals surface area contributed by atoms with Crippen molar-refractivity contribution in [1.82, 2.24) is 0 Å². The topological polar surface area (TPSA) is 40.5 Å². The number of hydrogen-bond donors (Lipinski definition) is 2. The van der Waals surface area contributed by atoms with Crippen LogP contribution in [-0.2, 0) is 5.41 Å². The molecule has 0 spiro atoms. The van der Waals surface area contributed by atoms with Crippen molar-refractivity contribution in [2.24, 2.45) is 0 Å². The molecule has 0 aliphatic carbocycles. The Morgan fingerprint density at radius 2 is 1.45 bits per heavy atom. The van der Waals surface area contributed by atoms with Crippen LogP contribution in [0.2, 0.25) is 5.02 Å². The Bertz CT molecular complexity index is 524. The van der Waals surface area contributed by atoms with Gasteiger partial charge in [-0.15, -0.1) is 0 Å². The Kier molecular flexibility index (Phi) is 5.18. The average molecular weight is 291 g/mol. The fourth-order valence-electron chi connectivity index (χ4n) is 2.62. The van der Waals surface area contributed by atoms with Crippen LogP contribution in [0.4, 0.5) is 0 Å². The number of aliphatic hydroxyl groups is 2. The summed E-state index contributed by atoms with van der Waals surface area (Å²) in [7, 11) is 0. The second-order valence-electron chi connectivity index (χ2n) is 4.94. The second kappa shape index (κ2) is 6.89. The average Bonchev–Trinajstić information content (AvgIpc) is 2.51. The van der Waals surface area contributed by atoms with Crippen molar-refractivity contribution in [2.75, 3.05) is 13.2 Å². The van der Waals surface area contributed by atoms with Gasteiger partial charge in [-0.25, -0.2) is 0 Å². The van der Waals surface area contributed by atoms with Crippen LogP contribution in [-0.4, -0.2) is 23.4 Å². The predicted molar refractivity (Wildman–Crippen MR) is 82.1 cm³/mol. The fraction of sp³-hybridized carbons (Fsp3) is 0.294. The van der Waals surface area contributed by atoms with E-state index in [9.17, 15) is 5.11 Å². The van der Waals surface area contributed by atoms with Gasteiger partial charge in [-0.2, -0.15) is 0 Å². The highest BCUT2D eigenvalue weighted by molar-refractivity contribution is 6.30. The third kappa shape index (κ3) is 3.04. The van der Waals surface area contributed by atoms with Crippen LogP contribution in [0.25, 0.3) is 0 Å². The smallest absolute Gasteiger partial charge is 0.0568 e. The van der Waals surface area contributed by atoms with Gasteiger partial charge in [-0.1, -0.05) is 54.1 Å². The van der Waals surface area contributed by atoms with Crippen LogP contribution in [0, 0.1) is 0 Å². The molecule has 0 saturated heterocycles. The molecule has 1 atom stereocenters. The van der Waals surface area contributed by atoms with E-state index in [1.54, 1.807) is 0 Å². The van der Waals surface area contributed by atoms with E-state index >= 15 is 0 Å². The van der Waals surface area contributed by atoms with E-state index in [0.29, 0.717) is 17.9 Å². The van der Waals surface area contributed by atoms with E-state index in [2.05, 4.69) is 0 Å². The lowest BCUT2D eigenvalue weighted by Crippen LogP contribution is -2.32. The highest BCUT2D eigenvalue weighted by Crippen LogP contribution is 2.36. The summed E-state index contributed by atoms with van der Waals surface area (Å²) in [4.78, 5) is 0. The zero-order chi connectivity index (χ0) is 14.4. The Hall–Kier alpha value is -1.35. The summed E-state index contributed by atoms with van der Waals surface area (Å²) in [5.74, 6) is 0. The van der Waals surface area contributed by atoms with E-state index in [-0.39, 0.29) is 13.2 Å². The van der Waals surface area contributed by atoms with Gasteiger partial charge in [0.2, 0.25) is 0 Å². The van der Waals surface area contributed by atoms with Crippen LogP contribution < -0.4 is 0 Å². The second-order valence-corrected chi connectivity index (χ2v) is 5.38. The van der Waals surface area contributed by atoms with E-state index in [0.717, 1.165) is 11.1 Å². The molecule has 1 unspecified atom stereocenters. The van der Waals surface area contributed by atoms with Gasteiger partial charge in [-0.3, -0.25) is 0 Å². The lowest BCUT2D eigenvalue weighted by Gasteiger charge is -2.33. The van der Waals surface area contributed by atoms with Crippen LogP contribution in [0.3, 0.4) is 0 Å². The van der Waals surface area contributed by atoms with E-state index < -0.39 is 5.41 Å². The van der Waals surface area contributed by atoms with Crippen LogP contribution in [0.5, 0.6) is 0 Å². The first-order chi connectivity index (χ1) is 9.73. The Labute approximate surface area is 124 Å². The van der Waals surface area contributed by atoms with Crippen LogP contribution >= 0.6 is 11.6 Å². The molecular formula is C17H19ClO2. The number of hydrogen-bond acceptors (Lipinski definition) is 2. The largest absolute Gasteiger partial charge is 0.396 e. The van der Waals surface area contributed by atoms with Crippen molar-refractivity contribution in [3.05, 3.63) is 70.7 Å². The molecule has 106 valence electrons. The summed E-state index contributed by atoms with van der Waals surface area (Å²) in [5, 5.41) is 19.9. The Morgan fingerprint density at radius 1 is 0.850 bits per heavy atom. The molecule has 2 aromatic carbocycles. The zero-order valence-electron chi connectivity index (χ0n) is 11.3. The first kappa shape index (κ1) is 15.0. The molecule has 2 N–H and O–H groups in total. The van der Waals surface area contributed by atoms with E-state index in [1.807, 2.05) is 54.6 Å². The molecule has 0 aromatic heterocycles. The van der Waals surface area contributed by atoms with Crippen molar-refractivity contribution >= 4 is 11.6 Å². The molecule has 3 heteroatoms. The van der Waals surface area contributed by atoms with Crippen molar-refractivity contribution in [2.45, 2.75) is 18.3 Å². The number of aliphatic hydroxyl groups excluding tert-OH is 2. The molecule has 0 amide bonds. The van der Waals surface area contributed by atoms with Gasteiger partial charge in [0.05, 0.1) is 6.61 Å². The summed E-state index contributed by atoms with van der Waals surface area (Å²) < 4.78 is 0. The molecule has 2 nitrogen and oxygen atoms in total. The maximum Gasteiger partial charge on any atom is 0.0568 e. The minimum absolute atomic E-state index is 0.00134. The number of halogens is 1. The van der Waals surface area contributed by atoms with Crippen molar-refractivity contribution in [3.63, 3.8) is 0 Å². The van der Waals surface area contributed by atoms with Gasteiger partial charge in [0.1, 0.15) is 0 Å². The van der Waals surface area contributed by atoms with Gasteiger partial charge in [0.15, 0.2) is 0 Å². The van der Waals surface area contributed by atoms with Gasteiger partial charge in [0.25, 0.3) is 0 Å². The summed E-state index contributed by atoms with van der Waals surface area (Å²) >= 11 is 5.95. The van der Waals surface area contributed by atoms with E-state index in [4.69, 9.17) is 16.7 Å². The Morgan fingerprint density at radius 3 is 2.00 bits per heavy atom. The van der Waals surface area contributed by atoms with Crippen LogP contribution in [0.15, 0.2) is 54.6 Å². The molecular weight excluding hydrogens is 272 g/mol. The SMILES string of the molecule is OCCCC(CO)(c1ccccc1)c1ccc(Cl)cc1. The molecule has 0 aliphatic heterocycles. The van der Waals surface area contributed by atoms with Gasteiger partial charge >= 0.3 is 0 Å². The highest BCUT2D eigenvalue weighted by atomic mass is 35.5. The molecule has 2 rings (SSSR count). The lowest BCUT2D eigenvalue weighted by molar-refractivity contribution is 0.194. The van der Waals surface area contributed by atoms with Crippen molar-refractivity contribution in [1.29, 1.82) is 0 Å². The molecule has 0 bridgehead atoms.